The monoisotopic (exact) mass is 226 g/mol. The van der Waals surface area contributed by atoms with E-state index in [9.17, 15) is 30.7 Å². The molecule has 84 valence electrons. The molecule has 0 aromatic heterocycles. The van der Waals surface area contributed by atoms with Gasteiger partial charge in [0.15, 0.2) is 6.17 Å². The average molecular weight is 226 g/mol. The Balaban J connectivity index is 5.21. The molecular formula is C6H5F7O. The second-order valence-corrected chi connectivity index (χ2v) is 2.41. The molecule has 0 unspecified atom stereocenters. The maximum Gasteiger partial charge on any atom is 0.409 e. The van der Waals surface area contributed by atoms with Crippen LogP contribution in [0.3, 0.4) is 0 Å². The topological polar surface area (TPSA) is 20.2 Å². The van der Waals surface area contributed by atoms with E-state index in [1.165, 1.54) is 0 Å². The third-order valence-corrected chi connectivity index (χ3v) is 1.25. The third kappa shape index (κ3) is 2.60. The molecule has 1 nitrogen and oxygen atoms in total. The van der Waals surface area contributed by atoms with Gasteiger partial charge in [-0.25, -0.2) is 8.78 Å². The summed E-state index contributed by atoms with van der Waals surface area (Å²) in [7, 11) is 0. The number of aliphatic hydroxyl groups is 1. The molecule has 14 heavy (non-hydrogen) atoms. The van der Waals surface area contributed by atoms with E-state index in [0.717, 1.165) is 0 Å². The van der Waals surface area contributed by atoms with Crippen molar-refractivity contribution >= 4 is 0 Å². The summed E-state index contributed by atoms with van der Waals surface area (Å²) in [6, 6.07) is 0. The lowest BCUT2D eigenvalue weighted by Gasteiger charge is -2.17. The van der Waals surface area contributed by atoms with E-state index in [2.05, 4.69) is 0 Å². The van der Waals surface area contributed by atoms with Crippen LogP contribution in [0.4, 0.5) is 30.7 Å². The van der Waals surface area contributed by atoms with Crippen LogP contribution in [0.1, 0.15) is 6.92 Å². The van der Waals surface area contributed by atoms with E-state index in [-0.39, 0.29) is 6.92 Å². The van der Waals surface area contributed by atoms with Crippen molar-refractivity contribution in [2.45, 2.75) is 25.1 Å². The number of hydrogen-bond acceptors (Lipinski definition) is 1. The number of allylic oxidation sites excluding steroid dienone is 1. The smallest absolute Gasteiger partial charge is 0.330 e. The van der Waals surface area contributed by atoms with Crippen LogP contribution in [0, 0.1) is 0 Å². The summed E-state index contributed by atoms with van der Waals surface area (Å²) >= 11 is 0. The molecular weight excluding hydrogens is 221 g/mol. The van der Waals surface area contributed by atoms with Gasteiger partial charge in [-0.05, 0) is 6.92 Å². The Hall–Kier alpha value is -0.790. The second kappa shape index (κ2) is 3.76. The zero-order valence-corrected chi connectivity index (χ0v) is 6.67. The normalized spacial score (nSPS) is 17.8. The van der Waals surface area contributed by atoms with Gasteiger partial charge in [-0.2, -0.15) is 22.0 Å². The zero-order valence-electron chi connectivity index (χ0n) is 6.67. The van der Waals surface area contributed by atoms with Gasteiger partial charge in [-0.1, -0.05) is 0 Å². The van der Waals surface area contributed by atoms with E-state index >= 15 is 0 Å². The number of rotatable bonds is 3. The molecule has 0 aliphatic heterocycles. The fraction of sp³-hybridized carbons (Fsp3) is 0.667. The molecule has 8 heteroatoms. The molecule has 1 atom stereocenters. The van der Waals surface area contributed by atoms with Gasteiger partial charge < -0.3 is 5.11 Å². The maximum absolute atomic E-state index is 12.2. The molecule has 0 heterocycles. The molecule has 0 fully saturated rings. The molecule has 0 bridgehead atoms. The summed E-state index contributed by atoms with van der Waals surface area (Å²) in [4.78, 5) is 0. The van der Waals surface area contributed by atoms with Crippen molar-refractivity contribution in [1.82, 2.24) is 0 Å². The van der Waals surface area contributed by atoms with Crippen LogP contribution in [0.5, 0.6) is 0 Å². The highest BCUT2D eigenvalue weighted by Gasteiger charge is 2.49. The highest BCUT2D eigenvalue weighted by molar-refractivity contribution is 5.14. The SMILES string of the molecule is C[C@@H](F)C(F)(F)/C(F)=C(/F)C(O)(F)F. The lowest BCUT2D eigenvalue weighted by molar-refractivity contribution is -0.184. The van der Waals surface area contributed by atoms with Crippen molar-refractivity contribution in [1.29, 1.82) is 0 Å². The van der Waals surface area contributed by atoms with Crippen LogP contribution in [0.15, 0.2) is 11.7 Å². The van der Waals surface area contributed by atoms with Crippen molar-refractivity contribution in [3.05, 3.63) is 11.7 Å². The molecule has 0 rings (SSSR count). The summed E-state index contributed by atoms with van der Waals surface area (Å²) in [6.07, 6.45) is -8.59. The first kappa shape index (κ1) is 13.2. The Morgan fingerprint density at radius 3 is 1.64 bits per heavy atom. The van der Waals surface area contributed by atoms with Gasteiger partial charge in [0.25, 0.3) is 0 Å². The predicted octanol–water partition coefficient (Wildman–Crippen LogP) is 2.72. The Labute approximate surface area is 73.8 Å². The van der Waals surface area contributed by atoms with Gasteiger partial charge >= 0.3 is 12.0 Å². The van der Waals surface area contributed by atoms with E-state index in [1.807, 2.05) is 0 Å². The lowest BCUT2D eigenvalue weighted by atomic mass is 10.2. The van der Waals surface area contributed by atoms with E-state index in [4.69, 9.17) is 5.11 Å². The van der Waals surface area contributed by atoms with Crippen LogP contribution in [-0.2, 0) is 0 Å². The molecule has 0 aliphatic carbocycles. The Kier molecular flexibility index (Phi) is 3.54. The van der Waals surface area contributed by atoms with Crippen LogP contribution < -0.4 is 0 Å². The Morgan fingerprint density at radius 2 is 1.43 bits per heavy atom. The van der Waals surface area contributed by atoms with Crippen molar-refractivity contribution in [3.63, 3.8) is 0 Å². The quantitative estimate of drug-likeness (QED) is 0.733. The van der Waals surface area contributed by atoms with Crippen LogP contribution in [0.25, 0.3) is 0 Å². The first-order valence-corrected chi connectivity index (χ1v) is 3.19. The minimum atomic E-state index is -5.39. The first-order chi connectivity index (χ1) is 6.01. The largest absolute Gasteiger partial charge is 0.409 e. The average Bonchev–Trinajstić information content (AvgIpc) is 1.99. The molecule has 0 aromatic carbocycles. The summed E-state index contributed by atoms with van der Waals surface area (Å²) in [5.41, 5.74) is 0. The number of hydrogen-bond donors (Lipinski definition) is 1. The lowest BCUT2D eigenvalue weighted by Crippen LogP contribution is -2.31. The second-order valence-electron chi connectivity index (χ2n) is 2.41. The minimum absolute atomic E-state index is 0.155. The van der Waals surface area contributed by atoms with Gasteiger partial charge in [0, 0.05) is 0 Å². The number of alkyl halides is 5. The van der Waals surface area contributed by atoms with E-state index in [1.54, 1.807) is 0 Å². The molecule has 0 aliphatic rings. The molecule has 0 radical (unpaired) electrons. The van der Waals surface area contributed by atoms with Gasteiger partial charge in [0.2, 0.25) is 11.7 Å². The highest BCUT2D eigenvalue weighted by Crippen LogP contribution is 2.37. The summed E-state index contributed by atoms with van der Waals surface area (Å²) < 4.78 is 83.8. The van der Waals surface area contributed by atoms with E-state index < -0.39 is 29.9 Å². The molecule has 0 saturated heterocycles. The zero-order chi connectivity index (χ0) is 11.7. The number of halogens is 7. The first-order valence-electron chi connectivity index (χ1n) is 3.19. The summed E-state index contributed by atoms with van der Waals surface area (Å²) in [5, 5.41) is 7.54. The molecule has 0 saturated carbocycles. The van der Waals surface area contributed by atoms with Gasteiger partial charge in [-0.15, -0.1) is 0 Å². The Morgan fingerprint density at radius 1 is 1.07 bits per heavy atom. The van der Waals surface area contributed by atoms with Crippen LogP contribution >= 0.6 is 0 Å². The molecule has 0 aromatic rings. The predicted molar refractivity (Wildman–Crippen MR) is 31.9 cm³/mol. The van der Waals surface area contributed by atoms with Gasteiger partial charge in [0.05, 0.1) is 0 Å². The standard InChI is InChI=1S/C6H5F7O/c1-2(7)5(10,11)3(8)4(9)6(12,13)14/h2,14H,1H3/b4-3-/t2-/m1/s1. The third-order valence-electron chi connectivity index (χ3n) is 1.25. The van der Waals surface area contributed by atoms with Crippen molar-refractivity contribution in [2.24, 2.45) is 0 Å². The fourth-order valence-electron chi connectivity index (χ4n) is 0.453. The minimum Gasteiger partial charge on any atom is -0.330 e. The van der Waals surface area contributed by atoms with Crippen molar-refractivity contribution in [2.75, 3.05) is 0 Å². The molecule has 0 spiro atoms. The van der Waals surface area contributed by atoms with Gasteiger partial charge in [0.1, 0.15) is 0 Å². The summed E-state index contributed by atoms with van der Waals surface area (Å²) in [6.45, 7) is 0.155. The van der Waals surface area contributed by atoms with E-state index in [0.29, 0.717) is 0 Å². The van der Waals surface area contributed by atoms with Gasteiger partial charge in [-0.3, -0.25) is 0 Å². The molecule has 0 amide bonds. The molecule has 1 N–H and O–H groups in total. The van der Waals surface area contributed by atoms with Crippen LogP contribution in [0.2, 0.25) is 0 Å². The summed E-state index contributed by atoms with van der Waals surface area (Å²) in [5.74, 6) is -11.7. The fourth-order valence-corrected chi connectivity index (χ4v) is 0.453. The van der Waals surface area contributed by atoms with Crippen molar-refractivity contribution < 1.29 is 35.8 Å². The van der Waals surface area contributed by atoms with Crippen LogP contribution in [-0.4, -0.2) is 23.3 Å². The highest BCUT2D eigenvalue weighted by atomic mass is 19.3. The Bertz CT molecular complexity index is 239. The maximum atomic E-state index is 12.2. The van der Waals surface area contributed by atoms with Crippen molar-refractivity contribution in [3.8, 4) is 0 Å².